The summed E-state index contributed by atoms with van der Waals surface area (Å²) in [4.78, 5) is 127. The number of carbonyl (C=O) groups excluding carboxylic acids is 8. The number of hydrogen-bond acceptors (Lipinski definition) is 14. The Labute approximate surface area is 392 Å². The van der Waals surface area contributed by atoms with Crippen molar-refractivity contribution in [1.82, 2.24) is 4.57 Å². The number of benzene rings is 1. The van der Waals surface area contributed by atoms with Crippen LogP contribution in [-0.4, -0.2) is 93.4 Å². The number of aromatic nitrogens is 2. The van der Waals surface area contributed by atoms with Gasteiger partial charge in [-0.2, -0.15) is 0 Å². The summed E-state index contributed by atoms with van der Waals surface area (Å²) < 4.78 is 3.85. The maximum Gasteiger partial charge on any atom is 0.254 e. The first kappa shape index (κ1) is 44.0. The Morgan fingerprint density at radius 2 is 0.851 bits per heavy atom. The highest BCUT2D eigenvalue weighted by Crippen LogP contribution is 2.41. The quantitative estimate of drug-likeness (QED) is 0.259. The second kappa shape index (κ2) is 16.7. The van der Waals surface area contributed by atoms with Gasteiger partial charge in [-0.25, -0.2) is 29.1 Å². The smallest absolute Gasteiger partial charge is 0.254 e. The van der Waals surface area contributed by atoms with Crippen molar-refractivity contribution >= 4 is 104 Å². The molecule has 0 saturated heterocycles. The standard InChI is InChI=1S/C49H31N8O8.2ClH/c1-25-56(22-28-16-44(64)32-8-4-12-40(60)48(32)52-28)36-18-34-35(19-37(36)57(25)23-29-17-45(65)33-9-5-13-41(61)49(33)53-29)55(21-27-15-43(63)31-7-3-11-39(59)47(31)51-27)24-54(34)20-26-14-42(62)30-6-2-10-38(58)46(30)50-26;;/h2-19H,20-24H2,1H3;2*1H/q+1;;/p-1. The third kappa shape index (κ3) is 7.41. The lowest BCUT2D eigenvalue weighted by atomic mass is 9.94. The van der Waals surface area contributed by atoms with Gasteiger partial charge in [-0.15, -0.1) is 12.4 Å². The van der Waals surface area contributed by atoms with Crippen molar-refractivity contribution in [3.8, 4) is 0 Å². The van der Waals surface area contributed by atoms with Gasteiger partial charge >= 0.3 is 0 Å². The Kier molecular flexibility index (Phi) is 10.9. The van der Waals surface area contributed by atoms with E-state index in [2.05, 4.69) is 20.0 Å². The molecular formula is C49H32Cl2N8O8. The minimum absolute atomic E-state index is 0. The molecule has 1 aromatic carbocycles. The van der Waals surface area contributed by atoms with Crippen molar-refractivity contribution in [1.29, 1.82) is 0 Å². The molecule has 0 radical (unpaired) electrons. The average Bonchev–Trinajstić information content (AvgIpc) is 3.72. The Hall–Kier alpha value is -8.21. The van der Waals surface area contributed by atoms with Crippen LogP contribution in [0.5, 0.6) is 0 Å². The average molecular weight is 932 g/mol. The minimum Gasteiger partial charge on any atom is -1.00 e. The normalized spacial score (nSPS) is 20.1. The van der Waals surface area contributed by atoms with Crippen LogP contribution in [0, 0.1) is 6.92 Å². The van der Waals surface area contributed by atoms with Crippen LogP contribution >= 0.6 is 12.4 Å². The molecule has 4 aliphatic carbocycles. The molecule has 1 aromatic heterocycles. The number of aliphatic imine (C=N–C) groups is 4. The van der Waals surface area contributed by atoms with Crippen molar-refractivity contribution in [3.63, 3.8) is 0 Å². The monoisotopic (exact) mass is 930 g/mol. The van der Waals surface area contributed by atoms with E-state index in [0.717, 1.165) is 0 Å². The second-order valence-corrected chi connectivity index (χ2v) is 16.1. The highest BCUT2D eigenvalue weighted by molar-refractivity contribution is 6.59. The number of carbonyl (C=O) groups is 8. The van der Waals surface area contributed by atoms with Gasteiger partial charge in [0.05, 0.1) is 76.2 Å². The summed E-state index contributed by atoms with van der Waals surface area (Å²) in [6.07, 6.45) is 23.3. The van der Waals surface area contributed by atoms with E-state index in [9.17, 15) is 38.4 Å². The van der Waals surface area contributed by atoms with Gasteiger partial charge in [-0.05, 0) is 48.6 Å². The molecule has 0 N–H and O–H groups in total. The lowest BCUT2D eigenvalue weighted by Crippen LogP contribution is -3.00. The topological polar surface area (TPSA) is 201 Å². The van der Waals surface area contributed by atoms with Gasteiger partial charge in [0.1, 0.15) is 35.9 Å². The summed E-state index contributed by atoms with van der Waals surface area (Å²) in [6.45, 7) is 2.30. The van der Waals surface area contributed by atoms with E-state index >= 15 is 0 Å². The van der Waals surface area contributed by atoms with Gasteiger partial charge in [0.2, 0.25) is 23.1 Å². The van der Waals surface area contributed by atoms with E-state index in [4.69, 9.17) is 0 Å². The van der Waals surface area contributed by atoms with Gasteiger partial charge in [0, 0.05) is 43.4 Å². The maximum atomic E-state index is 13.3. The van der Waals surface area contributed by atoms with Crippen LogP contribution in [-0.2, 0) is 51.4 Å². The molecule has 0 spiro atoms. The molecule has 6 heterocycles. The van der Waals surface area contributed by atoms with Crippen LogP contribution in [0.15, 0.2) is 174 Å². The number of allylic oxidation sites excluding steroid dienone is 22. The first-order valence-corrected chi connectivity index (χ1v) is 20.5. The molecule has 67 heavy (non-hydrogen) atoms. The van der Waals surface area contributed by atoms with E-state index in [1.807, 2.05) is 38.0 Å². The molecule has 18 heteroatoms. The van der Waals surface area contributed by atoms with Gasteiger partial charge in [-0.3, -0.25) is 38.4 Å². The number of ketones is 8. The predicted octanol–water partition coefficient (Wildman–Crippen LogP) is 0.139. The number of rotatable bonds is 8. The molecule has 5 aliphatic heterocycles. The summed E-state index contributed by atoms with van der Waals surface area (Å²) in [5.74, 6) is -2.35. The van der Waals surface area contributed by atoms with E-state index in [0.29, 0.717) is 51.0 Å². The zero-order valence-corrected chi connectivity index (χ0v) is 36.6. The summed E-state index contributed by atoms with van der Waals surface area (Å²) >= 11 is 0. The molecule has 0 atom stereocenters. The van der Waals surface area contributed by atoms with Crippen molar-refractivity contribution in [2.75, 3.05) is 29.6 Å². The summed E-state index contributed by atoms with van der Waals surface area (Å²) in [5, 5.41) is 0. The first-order chi connectivity index (χ1) is 31.4. The van der Waals surface area contributed by atoms with Gasteiger partial charge in [0.25, 0.3) is 5.82 Å². The molecular weight excluding hydrogens is 899 g/mol. The Morgan fingerprint density at radius 1 is 0.493 bits per heavy atom. The van der Waals surface area contributed by atoms with Crippen LogP contribution in [0.2, 0.25) is 0 Å². The number of hydrogen-bond donors (Lipinski definition) is 0. The zero-order valence-electron chi connectivity index (χ0n) is 35.1. The van der Waals surface area contributed by atoms with Crippen LogP contribution in [0.3, 0.4) is 0 Å². The van der Waals surface area contributed by atoms with Crippen molar-refractivity contribution < 1.29 is 55.3 Å². The Bertz CT molecular complexity index is 3180. The molecule has 9 aliphatic rings. The van der Waals surface area contributed by atoms with E-state index < -0.39 is 11.6 Å². The highest BCUT2D eigenvalue weighted by Gasteiger charge is 2.37. The highest BCUT2D eigenvalue weighted by atomic mass is 35.5. The fourth-order valence-electron chi connectivity index (χ4n) is 9.02. The summed E-state index contributed by atoms with van der Waals surface area (Å²) in [5.41, 5.74) is 4.98. The van der Waals surface area contributed by atoms with Crippen LogP contribution in [0.4, 0.5) is 11.4 Å². The Balaban J connectivity index is 0.00000281. The maximum absolute atomic E-state index is 13.3. The van der Waals surface area contributed by atoms with E-state index in [1.165, 1.54) is 72.9 Å². The summed E-state index contributed by atoms with van der Waals surface area (Å²) in [6, 6.07) is 3.85. The zero-order chi connectivity index (χ0) is 44.8. The van der Waals surface area contributed by atoms with E-state index in [1.54, 1.807) is 24.3 Å². The molecule has 0 unspecified atom stereocenters. The molecule has 0 bridgehead atoms. The predicted molar refractivity (Wildman–Crippen MR) is 245 cm³/mol. The van der Waals surface area contributed by atoms with Gasteiger partial charge in [-0.1, -0.05) is 24.3 Å². The molecule has 11 rings (SSSR count). The van der Waals surface area contributed by atoms with Crippen LogP contribution in [0.1, 0.15) is 5.82 Å². The number of imidazole rings is 1. The second-order valence-electron chi connectivity index (χ2n) is 16.1. The number of anilines is 2. The molecule has 0 fully saturated rings. The van der Waals surface area contributed by atoms with Crippen molar-refractivity contribution in [3.05, 3.63) is 160 Å². The van der Waals surface area contributed by atoms with Crippen molar-refractivity contribution in [2.45, 2.75) is 20.0 Å². The molecule has 0 amide bonds. The van der Waals surface area contributed by atoms with Crippen LogP contribution in [0.25, 0.3) is 11.0 Å². The SMILES string of the molecule is Cc1n(CC2=CC(=O)C3=CC=CC(=O)C3=N2)c2cc3c(cc2[n+]1CC1=CC(=O)C2=CC=CC(=O)C2=N1)N(CC1=CC(=O)C2=CC=CC(=O)C2=N1)CN3CC1=CC(=O)C2=CC=CC(=O)C2=N1.Cl.[Cl-]. The molecule has 0 saturated carbocycles. The van der Waals surface area contributed by atoms with Gasteiger partial charge in [0.15, 0.2) is 34.2 Å². The van der Waals surface area contributed by atoms with Crippen LogP contribution < -0.4 is 26.8 Å². The molecule has 16 nitrogen and oxygen atoms in total. The molecule has 2 aromatic rings. The lowest BCUT2D eigenvalue weighted by molar-refractivity contribution is -0.670. The number of nitrogens with zero attached hydrogens (tertiary/aromatic N) is 8. The van der Waals surface area contributed by atoms with Crippen molar-refractivity contribution in [2.24, 2.45) is 20.0 Å². The summed E-state index contributed by atoms with van der Waals surface area (Å²) in [7, 11) is 0. The largest absolute Gasteiger partial charge is 1.00 e. The third-order valence-electron chi connectivity index (χ3n) is 12.1. The number of halogens is 2. The van der Waals surface area contributed by atoms with E-state index in [-0.39, 0.29) is 138 Å². The fourth-order valence-corrected chi connectivity index (χ4v) is 9.02. The number of fused-ring (bicyclic) bond motifs is 6. The van der Waals surface area contributed by atoms with Gasteiger partial charge < -0.3 is 22.2 Å². The Morgan fingerprint density at radius 3 is 1.27 bits per heavy atom. The third-order valence-corrected chi connectivity index (χ3v) is 12.1. The first-order valence-electron chi connectivity index (χ1n) is 20.5. The lowest BCUT2D eigenvalue weighted by Gasteiger charge is -2.24. The fraction of sp³-hybridized carbons (Fsp3) is 0.122. The molecule has 330 valence electrons. The minimum atomic E-state index is -0.392.